The molecule has 2 rings (SSSR count). The molecule has 98 valence electrons. The summed E-state index contributed by atoms with van der Waals surface area (Å²) in [7, 11) is 1.78. The van der Waals surface area contributed by atoms with Gasteiger partial charge in [0.25, 0.3) is 0 Å². The summed E-state index contributed by atoms with van der Waals surface area (Å²) < 4.78 is 35.3. The van der Waals surface area contributed by atoms with Gasteiger partial charge >= 0.3 is 0 Å². The fourth-order valence-electron chi connectivity index (χ4n) is 1.91. The predicted molar refractivity (Wildman–Crippen MR) is 68.0 cm³/mol. The van der Waals surface area contributed by atoms with Crippen LogP contribution in [0, 0.1) is 18.6 Å². The molecule has 1 heterocycles. The Labute approximate surface area is 105 Å². The number of hydrogen-bond donors (Lipinski definition) is 0. The lowest BCUT2D eigenvalue weighted by Gasteiger charge is -2.22. The standard InChI is InChI=1S/C14H17F2NO/c1-8-6-9-11(17(8)5)7-10(15)13(12(9)16)18-14(2,3)4/h6-7H,1-5H3. The molecule has 0 aliphatic carbocycles. The van der Waals surface area contributed by atoms with Crippen molar-refractivity contribution in [2.45, 2.75) is 33.3 Å². The number of ether oxygens (including phenoxy) is 1. The van der Waals surface area contributed by atoms with Gasteiger partial charge < -0.3 is 9.30 Å². The highest BCUT2D eigenvalue weighted by Crippen LogP contribution is 2.33. The molecule has 0 spiro atoms. The zero-order valence-electron chi connectivity index (χ0n) is 11.3. The van der Waals surface area contributed by atoms with Crippen molar-refractivity contribution in [2.75, 3.05) is 0 Å². The first-order chi connectivity index (χ1) is 8.20. The first kappa shape index (κ1) is 12.9. The minimum atomic E-state index is -0.670. The molecular weight excluding hydrogens is 236 g/mol. The van der Waals surface area contributed by atoms with Gasteiger partial charge in [-0.15, -0.1) is 0 Å². The Morgan fingerprint density at radius 1 is 1.17 bits per heavy atom. The second-order valence-electron chi connectivity index (χ2n) is 5.49. The van der Waals surface area contributed by atoms with Gasteiger partial charge in [-0.3, -0.25) is 0 Å². The van der Waals surface area contributed by atoms with Gasteiger partial charge in [-0.2, -0.15) is 0 Å². The van der Waals surface area contributed by atoms with E-state index in [0.717, 1.165) is 5.69 Å². The Balaban J connectivity index is 2.69. The highest BCUT2D eigenvalue weighted by molar-refractivity contribution is 5.83. The molecule has 0 radical (unpaired) electrons. The molecule has 0 saturated carbocycles. The Kier molecular flexibility index (Phi) is 2.84. The number of benzene rings is 1. The van der Waals surface area contributed by atoms with Gasteiger partial charge in [-0.25, -0.2) is 8.78 Å². The number of hydrogen-bond acceptors (Lipinski definition) is 1. The van der Waals surface area contributed by atoms with Gasteiger partial charge in [-0.1, -0.05) is 0 Å². The van der Waals surface area contributed by atoms with Crippen molar-refractivity contribution >= 4 is 10.9 Å². The first-order valence-corrected chi connectivity index (χ1v) is 5.84. The maximum Gasteiger partial charge on any atom is 0.192 e. The van der Waals surface area contributed by atoms with E-state index in [-0.39, 0.29) is 5.75 Å². The number of halogens is 2. The molecule has 4 heteroatoms. The number of rotatable bonds is 1. The lowest BCUT2D eigenvalue weighted by Crippen LogP contribution is -2.24. The van der Waals surface area contributed by atoms with E-state index in [0.29, 0.717) is 10.9 Å². The Morgan fingerprint density at radius 2 is 1.78 bits per heavy atom. The molecule has 0 fully saturated rings. The maximum atomic E-state index is 14.3. The highest BCUT2D eigenvalue weighted by Gasteiger charge is 2.22. The van der Waals surface area contributed by atoms with Gasteiger partial charge in [0.05, 0.1) is 5.52 Å². The minimum Gasteiger partial charge on any atom is -0.482 e. The third-order valence-electron chi connectivity index (χ3n) is 2.84. The van der Waals surface area contributed by atoms with Crippen molar-refractivity contribution in [3.8, 4) is 5.75 Å². The minimum absolute atomic E-state index is 0.305. The summed E-state index contributed by atoms with van der Waals surface area (Å²) in [6.45, 7) is 7.12. The zero-order valence-corrected chi connectivity index (χ0v) is 11.3. The van der Waals surface area contributed by atoms with Crippen LogP contribution >= 0.6 is 0 Å². The second-order valence-corrected chi connectivity index (χ2v) is 5.49. The van der Waals surface area contributed by atoms with Gasteiger partial charge in [0.2, 0.25) is 0 Å². The molecule has 1 aromatic heterocycles. The van der Waals surface area contributed by atoms with Crippen molar-refractivity contribution in [2.24, 2.45) is 7.05 Å². The largest absolute Gasteiger partial charge is 0.482 e. The summed E-state index contributed by atoms with van der Waals surface area (Å²) in [4.78, 5) is 0. The summed E-state index contributed by atoms with van der Waals surface area (Å²) in [5.41, 5.74) is 0.763. The molecule has 2 nitrogen and oxygen atoms in total. The molecule has 2 aromatic rings. The lowest BCUT2D eigenvalue weighted by molar-refractivity contribution is 0.118. The predicted octanol–water partition coefficient (Wildman–Crippen LogP) is 3.94. The van der Waals surface area contributed by atoms with Crippen LogP contribution in [-0.2, 0) is 7.05 Å². The molecular formula is C14H17F2NO. The Morgan fingerprint density at radius 3 is 2.33 bits per heavy atom. The van der Waals surface area contributed by atoms with Crippen LogP contribution in [0.1, 0.15) is 26.5 Å². The SMILES string of the molecule is Cc1cc2c(F)c(OC(C)(C)C)c(F)cc2n1C. The number of aryl methyl sites for hydroxylation is 2. The monoisotopic (exact) mass is 253 g/mol. The van der Waals surface area contributed by atoms with E-state index in [1.165, 1.54) is 6.07 Å². The third-order valence-corrected chi connectivity index (χ3v) is 2.84. The van der Waals surface area contributed by atoms with E-state index >= 15 is 0 Å². The molecule has 0 N–H and O–H groups in total. The Hall–Kier alpha value is -1.58. The van der Waals surface area contributed by atoms with Crippen LogP contribution < -0.4 is 4.74 Å². The van der Waals surface area contributed by atoms with Crippen LogP contribution in [0.25, 0.3) is 10.9 Å². The fourth-order valence-corrected chi connectivity index (χ4v) is 1.91. The summed E-state index contributed by atoms with van der Waals surface area (Å²) in [6, 6.07) is 3.01. The summed E-state index contributed by atoms with van der Waals surface area (Å²) in [5.74, 6) is -1.61. The van der Waals surface area contributed by atoms with Gasteiger partial charge in [-0.05, 0) is 33.8 Å². The number of aromatic nitrogens is 1. The summed E-state index contributed by atoms with van der Waals surface area (Å²) >= 11 is 0. The number of nitrogens with zero attached hydrogens (tertiary/aromatic N) is 1. The third kappa shape index (κ3) is 2.07. The van der Waals surface area contributed by atoms with Crippen molar-refractivity contribution in [3.63, 3.8) is 0 Å². The van der Waals surface area contributed by atoms with Crippen LogP contribution in [0.3, 0.4) is 0 Å². The van der Waals surface area contributed by atoms with E-state index in [9.17, 15) is 8.78 Å². The van der Waals surface area contributed by atoms with Gasteiger partial charge in [0.15, 0.2) is 17.4 Å². The van der Waals surface area contributed by atoms with Crippen molar-refractivity contribution in [1.29, 1.82) is 0 Å². The van der Waals surface area contributed by atoms with E-state index in [1.54, 1.807) is 38.5 Å². The van der Waals surface area contributed by atoms with Crippen LogP contribution in [0.4, 0.5) is 8.78 Å². The van der Waals surface area contributed by atoms with Crippen molar-refractivity contribution in [1.82, 2.24) is 4.57 Å². The van der Waals surface area contributed by atoms with E-state index in [4.69, 9.17) is 4.74 Å². The normalized spacial score (nSPS) is 12.2. The molecule has 0 bridgehead atoms. The molecule has 0 aliphatic rings. The topological polar surface area (TPSA) is 14.2 Å². The van der Waals surface area contributed by atoms with Crippen molar-refractivity contribution in [3.05, 3.63) is 29.5 Å². The average Bonchev–Trinajstić information content (AvgIpc) is 2.51. The highest BCUT2D eigenvalue weighted by atomic mass is 19.1. The lowest BCUT2D eigenvalue weighted by atomic mass is 10.1. The molecule has 0 atom stereocenters. The number of fused-ring (bicyclic) bond motifs is 1. The van der Waals surface area contributed by atoms with Crippen LogP contribution in [0.5, 0.6) is 5.75 Å². The summed E-state index contributed by atoms with van der Waals surface area (Å²) in [6.07, 6.45) is 0. The first-order valence-electron chi connectivity index (χ1n) is 5.84. The molecule has 0 aliphatic heterocycles. The second kappa shape index (κ2) is 3.97. The molecule has 1 aromatic carbocycles. The molecule has 0 unspecified atom stereocenters. The smallest absolute Gasteiger partial charge is 0.192 e. The van der Waals surface area contributed by atoms with E-state index in [1.807, 2.05) is 6.92 Å². The van der Waals surface area contributed by atoms with Crippen LogP contribution in [-0.4, -0.2) is 10.2 Å². The Bertz CT molecular complexity index is 609. The van der Waals surface area contributed by atoms with Gasteiger partial charge in [0, 0.05) is 24.2 Å². The van der Waals surface area contributed by atoms with E-state index in [2.05, 4.69) is 0 Å². The zero-order chi connectivity index (χ0) is 13.7. The fraction of sp³-hybridized carbons (Fsp3) is 0.429. The van der Waals surface area contributed by atoms with Crippen LogP contribution in [0.15, 0.2) is 12.1 Å². The maximum absolute atomic E-state index is 14.3. The molecule has 18 heavy (non-hydrogen) atoms. The van der Waals surface area contributed by atoms with Crippen LogP contribution in [0.2, 0.25) is 0 Å². The summed E-state index contributed by atoms with van der Waals surface area (Å²) in [5, 5.41) is 0.385. The quantitative estimate of drug-likeness (QED) is 0.750. The molecule has 0 saturated heterocycles. The average molecular weight is 253 g/mol. The van der Waals surface area contributed by atoms with Gasteiger partial charge in [0.1, 0.15) is 5.60 Å². The molecule has 0 amide bonds. The van der Waals surface area contributed by atoms with E-state index < -0.39 is 17.2 Å². The van der Waals surface area contributed by atoms with Crippen molar-refractivity contribution < 1.29 is 13.5 Å².